The number of rotatable bonds is 3. The fourth-order valence-corrected chi connectivity index (χ4v) is 2.70. The molecule has 0 spiro atoms. The van der Waals surface area contributed by atoms with E-state index in [0.717, 1.165) is 23.1 Å². The third kappa shape index (κ3) is 2.31. The lowest BCUT2D eigenvalue weighted by Gasteiger charge is -2.15. The molecule has 17 heavy (non-hydrogen) atoms. The number of fused-ring (bicyclic) bond motifs is 1. The largest absolute Gasteiger partial charge is 0.477 e. The Hall–Kier alpha value is -1.42. The SMILES string of the molecule is [CH]1COc2c(SCc3ccccc3)cnn2C1. The Bertz CT molecular complexity index is 495. The molecule has 0 unspecified atom stereocenters. The average molecular weight is 245 g/mol. The van der Waals surface area contributed by atoms with Crippen LogP contribution in [0.1, 0.15) is 5.56 Å². The zero-order chi connectivity index (χ0) is 11.5. The highest BCUT2D eigenvalue weighted by Gasteiger charge is 2.16. The molecular weight excluding hydrogens is 232 g/mol. The normalized spacial score (nSPS) is 14.1. The standard InChI is InChI=1S/C13H13N2OS/c1-2-5-11(6-3-1)10-17-12-9-14-15-7-4-8-16-13(12)15/h1-6,9H,7-8,10H2. The number of ether oxygens (including phenoxy) is 1. The van der Waals surface area contributed by atoms with Gasteiger partial charge in [-0.15, -0.1) is 11.8 Å². The maximum Gasteiger partial charge on any atom is 0.225 e. The van der Waals surface area contributed by atoms with Crippen LogP contribution >= 0.6 is 11.8 Å². The van der Waals surface area contributed by atoms with Gasteiger partial charge in [0, 0.05) is 12.2 Å². The van der Waals surface area contributed by atoms with Crippen LogP contribution in [0, 0.1) is 6.42 Å². The van der Waals surface area contributed by atoms with Crippen molar-refractivity contribution < 1.29 is 4.74 Å². The van der Waals surface area contributed by atoms with E-state index < -0.39 is 0 Å². The monoisotopic (exact) mass is 245 g/mol. The molecule has 0 N–H and O–H groups in total. The molecule has 2 aromatic rings. The van der Waals surface area contributed by atoms with Gasteiger partial charge in [-0.25, -0.2) is 4.68 Å². The van der Waals surface area contributed by atoms with Crippen molar-refractivity contribution in [1.29, 1.82) is 0 Å². The number of hydrogen-bond acceptors (Lipinski definition) is 3. The van der Waals surface area contributed by atoms with Gasteiger partial charge in [0.1, 0.15) is 0 Å². The van der Waals surface area contributed by atoms with Crippen molar-refractivity contribution in [2.24, 2.45) is 0 Å². The van der Waals surface area contributed by atoms with E-state index in [0.29, 0.717) is 6.61 Å². The molecule has 0 aliphatic carbocycles. The van der Waals surface area contributed by atoms with E-state index in [9.17, 15) is 0 Å². The Morgan fingerprint density at radius 1 is 1.29 bits per heavy atom. The molecule has 1 aliphatic rings. The van der Waals surface area contributed by atoms with Crippen LogP contribution in [-0.4, -0.2) is 16.4 Å². The zero-order valence-electron chi connectivity index (χ0n) is 9.37. The van der Waals surface area contributed by atoms with Gasteiger partial charge in [-0.3, -0.25) is 0 Å². The van der Waals surface area contributed by atoms with Crippen LogP contribution in [0.4, 0.5) is 0 Å². The first kappa shape index (κ1) is 10.7. The first-order chi connectivity index (χ1) is 8.43. The summed E-state index contributed by atoms with van der Waals surface area (Å²) in [7, 11) is 0. The molecular formula is C13H13N2OS. The zero-order valence-corrected chi connectivity index (χ0v) is 10.2. The highest BCUT2D eigenvalue weighted by atomic mass is 32.2. The number of thioether (sulfide) groups is 1. The van der Waals surface area contributed by atoms with E-state index in [1.807, 2.05) is 16.9 Å². The van der Waals surface area contributed by atoms with Gasteiger partial charge in [0.15, 0.2) is 0 Å². The quantitative estimate of drug-likeness (QED) is 0.778. The molecule has 0 bridgehead atoms. The van der Waals surface area contributed by atoms with Crippen molar-refractivity contribution in [3.05, 3.63) is 48.5 Å². The van der Waals surface area contributed by atoms with Crippen LogP contribution < -0.4 is 4.74 Å². The molecule has 2 heterocycles. The fraction of sp³-hybridized carbons (Fsp3) is 0.231. The summed E-state index contributed by atoms with van der Waals surface area (Å²) in [5.41, 5.74) is 1.32. The van der Waals surface area contributed by atoms with Crippen molar-refractivity contribution in [2.75, 3.05) is 6.61 Å². The van der Waals surface area contributed by atoms with Crippen LogP contribution in [0.25, 0.3) is 0 Å². The van der Waals surface area contributed by atoms with Gasteiger partial charge in [-0.2, -0.15) is 5.10 Å². The smallest absolute Gasteiger partial charge is 0.225 e. The fourth-order valence-electron chi connectivity index (χ4n) is 1.78. The predicted octanol–water partition coefficient (Wildman–Crippen LogP) is 2.77. The van der Waals surface area contributed by atoms with Crippen molar-refractivity contribution in [1.82, 2.24) is 9.78 Å². The molecule has 0 amide bonds. The summed E-state index contributed by atoms with van der Waals surface area (Å²) in [5, 5.41) is 4.31. The average Bonchev–Trinajstić information content (AvgIpc) is 2.81. The number of aromatic nitrogens is 2. The summed E-state index contributed by atoms with van der Waals surface area (Å²) in [6.07, 6.45) is 3.97. The van der Waals surface area contributed by atoms with Crippen LogP contribution in [-0.2, 0) is 12.3 Å². The molecule has 1 aromatic carbocycles. The molecule has 3 nitrogen and oxygen atoms in total. The molecule has 4 heteroatoms. The molecule has 0 saturated carbocycles. The number of nitrogens with zero attached hydrogens (tertiary/aromatic N) is 2. The van der Waals surface area contributed by atoms with Crippen LogP contribution in [0.3, 0.4) is 0 Å². The van der Waals surface area contributed by atoms with Crippen LogP contribution in [0.2, 0.25) is 0 Å². The maximum atomic E-state index is 5.61. The minimum Gasteiger partial charge on any atom is -0.477 e. The minimum atomic E-state index is 0.685. The van der Waals surface area contributed by atoms with Crippen molar-refractivity contribution >= 4 is 11.8 Å². The summed E-state index contributed by atoms with van der Waals surface area (Å²) < 4.78 is 7.51. The number of hydrogen-bond donors (Lipinski definition) is 0. The van der Waals surface area contributed by atoms with E-state index >= 15 is 0 Å². The molecule has 3 rings (SSSR count). The van der Waals surface area contributed by atoms with Crippen molar-refractivity contribution in [2.45, 2.75) is 17.2 Å². The lowest BCUT2D eigenvalue weighted by molar-refractivity contribution is 0.268. The van der Waals surface area contributed by atoms with Crippen LogP contribution in [0.5, 0.6) is 5.88 Å². The molecule has 0 fully saturated rings. The molecule has 1 radical (unpaired) electrons. The van der Waals surface area contributed by atoms with E-state index in [4.69, 9.17) is 4.74 Å². The maximum absolute atomic E-state index is 5.61. The summed E-state index contributed by atoms with van der Waals surface area (Å²) in [6.45, 7) is 1.53. The predicted molar refractivity (Wildman–Crippen MR) is 68.0 cm³/mol. The Morgan fingerprint density at radius 3 is 3.06 bits per heavy atom. The number of benzene rings is 1. The summed E-state index contributed by atoms with van der Waals surface area (Å²) in [4.78, 5) is 1.13. The van der Waals surface area contributed by atoms with E-state index in [-0.39, 0.29) is 0 Å². The van der Waals surface area contributed by atoms with Crippen molar-refractivity contribution in [3.8, 4) is 5.88 Å². The third-order valence-corrected chi connectivity index (χ3v) is 3.71. The van der Waals surface area contributed by atoms with Crippen LogP contribution in [0.15, 0.2) is 41.4 Å². The van der Waals surface area contributed by atoms with E-state index in [1.54, 1.807) is 11.8 Å². The summed E-state index contributed by atoms with van der Waals surface area (Å²) in [6, 6.07) is 10.4. The van der Waals surface area contributed by atoms with Gasteiger partial charge in [-0.05, 0) is 5.56 Å². The molecule has 87 valence electrons. The highest BCUT2D eigenvalue weighted by Crippen LogP contribution is 2.33. The highest BCUT2D eigenvalue weighted by molar-refractivity contribution is 7.98. The molecule has 0 saturated heterocycles. The second kappa shape index (κ2) is 4.84. The molecule has 0 atom stereocenters. The topological polar surface area (TPSA) is 27.1 Å². The molecule has 1 aliphatic heterocycles. The second-order valence-electron chi connectivity index (χ2n) is 3.87. The van der Waals surface area contributed by atoms with Crippen molar-refractivity contribution in [3.63, 3.8) is 0 Å². The van der Waals surface area contributed by atoms with E-state index in [2.05, 4.69) is 35.8 Å². The summed E-state index contributed by atoms with van der Waals surface area (Å²) in [5.74, 6) is 1.86. The van der Waals surface area contributed by atoms with Gasteiger partial charge >= 0.3 is 0 Å². The van der Waals surface area contributed by atoms with Gasteiger partial charge in [0.25, 0.3) is 0 Å². The summed E-state index contributed by atoms with van der Waals surface area (Å²) >= 11 is 1.77. The van der Waals surface area contributed by atoms with Gasteiger partial charge in [0.2, 0.25) is 5.88 Å². The Labute approximate surface area is 105 Å². The first-order valence-corrected chi connectivity index (χ1v) is 6.59. The molecule has 1 aromatic heterocycles. The van der Waals surface area contributed by atoms with Gasteiger partial charge < -0.3 is 4.74 Å². The van der Waals surface area contributed by atoms with Gasteiger partial charge in [0.05, 0.1) is 24.2 Å². The van der Waals surface area contributed by atoms with Gasteiger partial charge in [-0.1, -0.05) is 30.3 Å². The first-order valence-electron chi connectivity index (χ1n) is 5.60. The third-order valence-electron chi connectivity index (χ3n) is 2.64. The lowest BCUT2D eigenvalue weighted by atomic mass is 10.2. The Balaban J connectivity index is 1.71. The lowest BCUT2D eigenvalue weighted by Crippen LogP contribution is -2.15. The van der Waals surface area contributed by atoms with E-state index in [1.165, 1.54) is 5.56 Å². The minimum absolute atomic E-state index is 0.685. The Kier molecular flexibility index (Phi) is 3.05. The Morgan fingerprint density at radius 2 is 2.18 bits per heavy atom. The second-order valence-corrected chi connectivity index (χ2v) is 4.89.